The standard InChI is InChI=1S/C10H14N2/c1-6-5-8-3-4-12-10(11)9(8)7(6)2/h3-4,6-7H,5H2,1-2H3,(H2,11,12). The van der Waals surface area contributed by atoms with Crippen LogP contribution in [0, 0.1) is 5.92 Å². The summed E-state index contributed by atoms with van der Waals surface area (Å²) in [5.74, 6) is 2.02. The fraction of sp³-hybridized carbons (Fsp3) is 0.500. The summed E-state index contributed by atoms with van der Waals surface area (Å²) >= 11 is 0. The Hall–Kier alpha value is -1.05. The number of hydrogen-bond donors (Lipinski definition) is 1. The second-order valence-electron chi connectivity index (χ2n) is 3.74. The molecule has 2 N–H and O–H groups in total. The van der Waals surface area contributed by atoms with Crippen molar-refractivity contribution >= 4 is 5.82 Å². The summed E-state index contributed by atoms with van der Waals surface area (Å²) in [5, 5.41) is 0. The van der Waals surface area contributed by atoms with Crippen molar-refractivity contribution in [2.24, 2.45) is 5.92 Å². The molecular weight excluding hydrogens is 148 g/mol. The van der Waals surface area contributed by atoms with Gasteiger partial charge in [0.05, 0.1) is 0 Å². The van der Waals surface area contributed by atoms with E-state index in [9.17, 15) is 0 Å². The number of hydrogen-bond acceptors (Lipinski definition) is 2. The highest BCUT2D eigenvalue weighted by Crippen LogP contribution is 2.39. The minimum atomic E-state index is 0.577. The van der Waals surface area contributed by atoms with E-state index >= 15 is 0 Å². The first-order valence-electron chi connectivity index (χ1n) is 4.43. The quantitative estimate of drug-likeness (QED) is 0.633. The van der Waals surface area contributed by atoms with E-state index in [2.05, 4.69) is 24.9 Å². The summed E-state index contributed by atoms with van der Waals surface area (Å²) in [6.07, 6.45) is 2.96. The van der Waals surface area contributed by atoms with Gasteiger partial charge in [-0.3, -0.25) is 0 Å². The summed E-state index contributed by atoms with van der Waals surface area (Å²) in [6.45, 7) is 4.50. The highest BCUT2D eigenvalue weighted by molar-refractivity contribution is 5.49. The lowest BCUT2D eigenvalue weighted by molar-refractivity contribution is 0.532. The van der Waals surface area contributed by atoms with E-state index in [4.69, 9.17) is 5.73 Å². The predicted molar refractivity (Wildman–Crippen MR) is 49.9 cm³/mol. The second-order valence-corrected chi connectivity index (χ2v) is 3.74. The first-order valence-corrected chi connectivity index (χ1v) is 4.43. The van der Waals surface area contributed by atoms with Crippen LogP contribution in [0.5, 0.6) is 0 Å². The lowest BCUT2D eigenvalue weighted by atomic mass is 9.97. The average Bonchev–Trinajstić information content (AvgIpc) is 2.29. The molecule has 2 atom stereocenters. The van der Waals surface area contributed by atoms with E-state index < -0.39 is 0 Å². The van der Waals surface area contributed by atoms with Gasteiger partial charge in [-0.2, -0.15) is 0 Å². The Morgan fingerprint density at radius 1 is 1.50 bits per heavy atom. The topological polar surface area (TPSA) is 38.9 Å². The first kappa shape index (κ1) is 7.59. The molecule has 0 aliphatic heterocycles. The maximum atomic E-state index is 5.81. The van der Waals surface area contributed by atoms with Crippen LogP contribution in [-0.2, 0) is 6.42 Å². The van der Waals surface area contributed by atoms with Crippen molar-refractivity contribution in [1.82, 2.24) is 4.98 Å². The van der Waals surface area contributed by atoms with Crippen molar-refractivity contribution in [3.05, 3.63) is 23.4 Å². The zero-order valence-electron chi connectivity index (χ0n) is 7.54. The van der Waals surface area contributed by atoms with Crippen LogP contribution in [0.4, 0.5) is 5.82 Å². The van der Waals surface area contributed by atoms with Crippen molar-refractivity contribution in [3.63, 3.8) is 0 Å². The Labute approximate surface area is 72.8 Å². The van der Waals surface area contributed by atoms with E-state index in [1.54, 1.807) is 6.20 Å². The molecule has 2 heteroatoms. The highest BCUT2D eigenvalue weighted by atomic mass is 14.8. The molecule has 2 unspecified atom stereocenters. The average molecular weight is 162 g/mol. The van der Waals surface area contributed by atoms with Gasteiger partial charge in [0, 0.05) is 11.8 Å². The number of nitrogen functional groups attached to an aromatic ring is 1. The molecule has 0 saturated heterocycles. The molecule has 0 saturated carbocycles. The largest absolute Gasteiger partial charge is 0.383 e. The van der Waals surface area contributed by atoms with Gasteiger partial charge in [0.15, 0.2) is 0 Å². The molecule has 1 aliphatic carbocycles. The van der Waals surface area contributed by atoms with Gasteiger partial charge >= 0.3 is 0 Å². The van der Waals surface area contributed by atoms with Crippen molar-refractivity contribution in [2.45, 2.75) is 26.2 Å². The third-order valence-electron chi connectivity index (χ3n) is 2.96. The lowest BCUT2D eigenvalue weighted by Gasteiger charge is -2.10. The Bertz CT molecular complexity index is 307. The molecular formula is C10H14N2. The number of fused-ring (bicyclic) bond motifs is 1. The highest BCUT2D eigenvalue weighted by Gasteiger charge is 2.27. The molecule has 0 aromatic carbocycles. The predicted octanol–water partition coefficient (Wildman–Crippen LogP) is 1.96. The second kappa shape index (κ2) is 2.47. The maximum absolute atomic E-state index is 5.81. The number of pyridine rings is 1. The van der Waals surface area contributed by atoms with E-state index in [0.717, 1.165) is 12.2 Å². The normalized spacial score (nSPS) is 27.2. The van der Waals surface area contributed by atoms with Gasteiger partial charge in [0.1, 0.15) is 5.82 Å². The SMILES string of the molecule is CC1Cc2ccnc(N)c2C1C. The lowest BCUT2D eigenvalue weighted by Crippen LogP contribution is -2.01. The molecule has 2 nitrogen and oxygen atoms in total. The monoisotopic (exact) mass is 162 g/mol. The van der Waals surface area contributed by atoms with Gasteiger partial charge in [0.2, 0.25) is 0 Å². The third kappa shape index (κ3) is 0.909. The number of nitrogens with zero attached hydrogens (tertiary/aromatic N) is 1. The van der Waals surface area contributed by atoms with Gasteiger partial charge in [-0.15, -0.1) is 0 Å². The molecule has 1 heterocycles. The van der Waals surface area contributed by atoms with Crippen molar-refractivity contribution in [3.8, 4) is 0 Å². The third-order valence-corrected chi connectivity index (χ3v) is 2.96. The fourth-order valence-corrected chi connectivity index (χ4v) is 2.04. The van der Waals surface area contributed by atoms with Gasteiger partial charge < -0.3 is 5.73 Å². The van der Waals surface area contributed by atoms with Crippen molar-refractivity contribution < 1.29 is 0 Å². The smallest absolute Gasteiger partial charge is 0.127 e. The Morgan fingerprint density at radius 2 is 2.25 bits per heavy atom. The van der Waals surface area contributed by atoms with Crippen LogP contribution in [0.25, 0.3) is 0 Å². The molecule has 2 rings (SSSR count). The minimum Gasteiger partial charge on any atom is -0.383 e. The molecule has 1 aromatic heterocycles. The van der Waals surface area contributed by atoms with Crippen LogP contribution in [0.1, 0.15) is 30.9 Å². The number of nitrogens with two attached hydrogens (primary N) is 1. The summed E-state index contributed by atoms with van der Waals surface area (Å²) in [4.78, 5) is 4.11. The first-order chi connectivity index (χ1) is 5.70. The van der Waals surface area contributed by atoms with E-state index in [0.29, 0.717) is 11.8 Å². The number of aromatic nitrogens is 1. The number of anilines is 1. The minimum absolute atomic E-state index is 0.577. The molecule has 1 aromatic rings. The molecule has 0 spiro atoms. The molecule has 0 bridgehead atoms. The van der Waals surface area contributed by atoms with Crippen LogP contribution < -0.4 is 5.73 Å². The van der Waals surface area contributed by atoms with Gasteiger partial charge in [-0.25, -0.2) is 4.98 Å². The summed E-state index contributed by atoms with van der Waals surface area (Å²) in [5.41, 5.74) is 8.49. The summed E-state index contributed by atoms with van der Waals surface area (Å²) in [6, 6.07) is 2.09. The van der Waals surface area contributed by atoms with Crippen LogP contribution >= 0.6 is 0 Å². The van der Waals surface area contributed by atoms with Crippen molar-refractivity contribution in [1.29, 1.82) is 0 Å². The van der Waals surface area contributed by atoms with Gasteiger partial charge in [-0.05, 0) is 29.9 Å². The van der Waals surface area contributed by atoms with Gasteiger partial charge in [0.25, 0.3) is 0 Å². The Balaban J connectivity index is 2.55. The van der Waals surface area contributed by atoms with Crippen LogP contribution in [-0.4, -0.2) is 4.98 Å². The number of rotatable bonds is 0. The Morgan fingerprint density at radius 3 is 2.92 bits per heavy atom. The van der Waals surface area contributed by atoms with Crippen LogP contribution in [0.2, 0.25) is 0 Å². The van der Waals surface area contributed by atoms with Crippen molar-refractivity contribution in [2.75, 3.05) is 5.73 Å². The molecule has 0 amide bonds. The molecule has 0 fully saturated rings. The zero-order chi connectivity index (χ0) is 8.72. The van der Waals surface area contributed by atoms with Crippen LogP contribution in [0.3, 0.4) is 0 Å². The zero-order valence-corrected chi connectivity index (χ0v) is 7.54. The maximum Gasteiger partial charge on any atom is 0.127 e. The Kier molecular flexibility index (Phi) is 1.56. The summed E-state index contributed by atoms with van der Waals surface area (Å²) < 4.78 is 0. The van der Waals surface area contributed by atoms with E-state index in [-0.39, 0.29) is 0 Å². The van der Waals surface area contributed by atoms with Crippen LogP contribution in [0.15, 0.2) is 12.3 Å². The molecule has 12 heavy (non-hydrogen) atoms. The molecule has 0 radical (unpaired) electrons. The summed E-state index contributed by atoms with van der Waals surface area (Å²) in [7, 11) is 0. The molecule has 1 aliphatic rings. The van der Waals surface area contributed by atoms with E-state index in [1.807, 2.05) is 0 Å². The van der Waals surface area contributed by atoms with Gasteiger partial charge in [-0.1, -0.05) is 13.8 Å². The fourth-order valence-electron chi connectivity index (χ4n) is 2.04. The molecule has 64 valence electrons. The van der Waals surface area contributed by atoms with E-state index in [1.165, 1.54) is 11.1 Å².